The maximum absolute atomic E-state index is 14.7. The van der Waals surface area contributed by atoms with E-state index in [4.69, 9.17) is 9.47 Å². The molecule has 1 unspecified atom stereocenters. The summed E-state index contributed by atoms with van der Waals surface area (Å²) in [7, 11) is 0. The minimum atomic E-state index is -0.868. The van der Waals surface area contributed by atoms with Gasteiger partial charge in [-0.05, 0) is 60.7 Å². The molecule has 8 nitrogen and oxygen atoms in total. The van der Waals surface area contributed by atoms with Gasteiger partial charge in [0.05, 0.1) is 19.1 Å². The van der Waals surface area contributed by atoms with Crippen molar-refractivity contribution in [2.45, 2.75) is 25.7 Å². The van der Waals surface area contributed by atoms with E-state index >= 15 is 0 Å². The Morgan fingerprint density at radius 3 is 2.38 bits per heavy atom. The van der Waals surface area contributed by atoms with Crippen LogP contribution in [0.3, 0.4) is 0 Å². The van der Waals surface area contributed by atoms with Crippen molar-refractivity contribution in [2.24, 2.45) is 0 Å². The predicted molar refractivity (Wildman–Crippen MR) is 135 cm³/mol. The normalized spacial score (nSPS) is 11.6. The highest BCUT2D eigenvalue weighted by molar-refractivity contribution is 5.87. The van der Waals surface area contributed by atoms with Crippen LogP contribution in [0.25, 0.3) is 17.2 Å². The van der Waals surface area contributed by atoms with Crippen LogP contribution in [0.4, 0.5) is 4.39 Å². The Kier molecular flexibility index (Phi) is 9.90. The van der Waals surface area contributed by atoms with Gasteiger partial charge in [0.15, 0.2) is 0 Å². The number of esters is 2. The van der Waals surface area contributed by atoms with Gasteiger partial charge in [0.1, 0.15) is 11.6 Å². The van der Waals surface area contributed by atoms with Gasteiger partial charge in [-0.1, -0.05) is 54.6 Å². The first-order valence-electron chi connectivity index (χ1n) is 11.6. The smallest absolute Gasteiger partial charge is 0.330 e. The molecule has 37 heavy (non-hydrogen) atoms. The van der Waals surface area contributed by atoms with Crippen molar-refractivity contribution in [3.8, 4) is 16.9 Å². The largest absolute Gasteiger partial charge is 0.463 e. The summed E-state index contributed by atoms with van der Waals surface area (Å²) in [5.41, 5.74) is 2.40. The summed E-state index contributed by atoms with van der Waals surface area (Å²) in [6.07, 6.45) is 3.63. The SMILES string of the molecule is CC(C(=O)Oc1ccc(/C=C/C(=O)OCCCCO[N+](=O)[O-])cc1)c1ccc(-c2ccccc2)c(F)c1. The standard InChI is InChI=1S/C28H26FNO7/c1-20(23-12-15-25(26(29)19-23)22-7-3-2-4-8-22)28(32)37-24-13-9-21(10-14-24)11-16-27(31)35-17-5-6-18-36-30(33)34/h2-4,7-16,19-20H,5-6,17-18H2,1H3/b16-11+. The van der Waals surface area contributed by atoms with E-state index in [1.165, 1.54) is 12.1 Å². The lowest BCUT2D eigenvalue weighted by atomic mass is 9.97. The molecule has 9 heteroatoms. The Labute approximate surface area is 213 Å². The lowest BCUT2D eigenvalue weighted by Crippen LogP contribution is -2.16. The number of hydrogen-bond acceptors (Lipinski definition) is 7. The van der Waals surface area contributed by atoms with Gasteiger partial charge >= 0.3 is 11.9 Å². The fraction of sp³-hybridized carbons (Fsp3) is 0.214. The Balaban J connectivity index is 1.48. The maximum atomic E-state index is 14.7. The summed E-state index contributed by atoms with van der Waals surface area (Å²) in [6, 6.07) is 20.4. The maximum Gasteiger partial charge on any atom is 0.330 e. The van der Waals surface area contributed by atoms with Crippen LogP contribution in [0.2, 0.25) is 0 Å². The Morgan fingerprint density at radius 1 is 1.00 bits per heavy atom. The molecular weight excluding hydrogens is 481 g/mol. The van der Waals surface area contributed by atoms with Gasteiger partial charge in [-0.2, -0.15) is 0 Å². The molecule has 1 atom stereocenters. The van der Waals surface area contributed by atoms with Crippen molar-refractivity contribution in [1.82, 2.24) is 0 Å². The first-order chi connectivity index (χ1) is 17.8. The van der Waals surface area contributed by atoms with Crippen molar-refractivity contribution >= 4 is 18.0 Å². The molecular formula is C28H26FNO7. The molecule has 0 aliphatic heterocycles. The van der Waals surface area contributed by atoms with Crippen molar-refractivity contribution in [1.29, 1.82) is 0 Å². The number of carbonyl (C=O) groups excluding carboxylic acids is 2. The summed E-state index contributed by atoms with van der Waals surface area (Å²) in [4.78, 5) is 38.6. The number of hydrogen-bond donors (Lipinski definition) is 0. The van der Waals surface area contributed by atoms with Gasteiger partial charge in [0.2, 0.25) is 0 Å². The number of nitrogens with zero attached hydrogens (tertiary/aromatic N) is 1. The fourth-order valence-corrected chi connectivity index (χ4v) is 3.37. The van der Waals surface area contributed by atoms with E-state index in [0.29, 0.717) is 35.3 Å². The van der Waals surface area contributed by atoms with Crippen LogP contribution in [0.1, 0.15) is 36.8 Å². The summed E-state index contributed by atoms with van der Waals surface area (Å²) in [5.74, 6) is -1.86. The van der Waals surface area contributed by atoms with Gasteiger partial charge in [-0.25, -0.2) is 9.18 Å². The van der Waals surface area contributed by atoms with E-state index in [-0.39, 0.29) is 13.2 Å². The molecule has 0 N–H and O–H groups in total. The molecule has 0 saturated carbocycles. The molecule has 0 heterocycles. The monoisotopic (exact) mass is 507 g/mol. The number of rotatable bonds is 12. The van der Waals surface area contributed by atoms with Gasteiger partial charge in [0.25, 0.3) is 5.09 Å². The number of halogens is 1. The Morgan fingerprint density at radius 2 is 1.70 bits per heavy atom. The molecule has 0 fully saturated rings. The van der Waals surface area contributed by atoms with Crippen LogP contribution in [-0.2, 0) is 19.2 Å². The van der Waals surface area contributed by atoms with E-state index in [2.05, 4.69) is 4.84 Å². The van der Waals surface area contributed by atoms with Crippen molar-refractivity contribution in [2.75, 3.05) is 13.2 Å². The molecule has 3 aromatic carbocycles. The third-order valence-corrected chi connectivity index (χ3v) is 5.42. The average Bonchev–Trinajstić information content (AvgIpc) is 2.90. The molecule has 192 valence electrons. The summed E-state index contributed by atoms with van der Waals surface area (Å²) in [5, 5.41) is 9.17. The van der Waals surface area contributed by atoms with Gasteiger partial charge < -0.3 is 14.3 Å². The van der Waals surface area contributed by atoms with Crippen molar-refractivity contribution in [3.63, 3.8) is 0 Å². The van der Waals surface area contributed by atoms with E-state index in [0.717, 1.165) is 5.56 Å². The minimum Gasteiger partial charge on any atom is -0.463 e. The number of benzene rings is 3. The molecule has 0 spiro atoms. The van der Waals surface area contributed by atoms with E-state index in [1.807, 2.05) is 30.3 Å². The number of ether oxygens (including phenoxy) is 2. The van der Waals surface area contributed by atoms with Crippen LogP contribution in [-0.4, -0.2) is 30.2 Å². The van der Waals surface area contributed by atoms with Crippen LogP contribution in [0, 0.1) is 15.9 Å². The highest BCUT2D eigenvalue weighted by atomic mass is 19.1. The Bertz CT molecular complexity index is 1240. The van der Waals surface area contributed by atoms with Crippen LogP contribution < -0.4 is 4.74 Å². The zero-order chi connectivity index (χ0) is 26.6. The first-order valence-corrected chi connectivity index (χ1v) is 11.6. The topological polar surface area (TPSA) is 105 Å². The Hall–Kier alpha value is -4.53. The highest BCUT2D eigenvalue weighted by Crippen LogP contribution is 2.27. The van der Waals surface area contributed by atoms with Gasteiger partial charge in [-0.15, -0.1) is 10.1 Å². The first kappa shape index (κ1) is 27.1. The molecule has 0 bridgehead atoms. The van der Waals surface area contributed by atoms with E-state index < -0.39 is 28.8 Å². The molecule has 0 saturated heterocycles. The second kappa shape index (κ2) is 13.5. The van der Waals surface area contributed by atoms with Gasteiger partial charge in [0, 0.05) is 11.6 Å². The third-order valence-electron chi connectivity index (χ3n) is 5.42. The molecule has 0 aliphatic carbocycles. The van der Waals surface area contributed by atoms with Gasteiger partial charge in [-0.3, -0.25) is 4.79 Å². The second-order valence-electron chi connectivity index (χ2n) is 8.08. The molecule has 3 rings (SSSR count). The van der Waals surface area contributed by atoms with Crippen molar-refractivity contribution in [3.05, 3.63) is 106 Å². The molecule has 0 amide bonds. The summed E-state index contributed by atoms with van der Waals surface area (Å²) >= 11 is 0. The fourth-order valence-electron chi connectivity index (χ4n) is 3.37. The number of carbonyl (C=O) groups is 2. The molecule has 0 aromatic heterocycles. The molecule has 0 radical (unpaired) electrons. The molecule has 0 aliphatic rings. The van der Waals surface area contributed by atoms with Crippen molar-refractivity contribution < 1.29 is 33.4 Å². The zero-order valence-electron chi connectivity index (χ0n) is 20.2. The minimum absolute atomic E-state index is 0.0481. The summed E-state index contributed by atoms with van der Waals surface area (Å²) in [6.45, 7) is 1.72. The molecule has 3 aromatic rings. The number of unbranched alkanes of at least 4 members (excludes halogenated alkanes) is 1. The lowest BCUT2D eigenvalue weighted by molar-refractivity contribution is -0.757. The van der Waals surface area contributed by atoms with E-state index in [9.17, 15) is 24.1 Å². The van der Waals surface area contributed by atoms with Crippen LogP contribution >= 0.6 is 0 Å². The van der Waals surface area contributed by atoms with Crippen LogP contribution in [0.15, 0.2) is 78.9 Å². The third kappa shape index (κ3) is 8.57. The average molecular weight is 508 g/mol. The lowest BCUT2D eigenvalue weighted by Gasteiger charge is -2.13. The van der Waals surface area contributed by atoms with E-state index in [1.54, 1.807) is 49.4 Å². The second-order valence-corrected chi connectivity index (χ2v) is 8.08. The summed E-state index contributed by atoms with van der Waals surface area (Å²) < 4.78 is 25.1. The van der Waals surface area contributed by atoms with Crippen LogP contribution in [0.5, 0.6) is 5.75 Å². The zero-order valence-corrected chi connectivity index (χ0v) is 20.2. The predicted octanol–water partition coefficient (Wildman–Crippen LogP) is 5.75. The quantitative estimate of drug-likeness (QED) is 0.0768. The highest BCUT2D eigenvalue weighted by Gasteiger charge is 2.19.